The van der Waals surface area contributed by atoms with Gasteiger partial charge in [-0.3, -0.25) is 14.9 Å². The van der Waals surface area contributed by atoms with Crippen molar-refractivity contribution < 1.29 is 14.5 Å². The minimum atomic E-state index is -0.631. The fraction of sp³-hybridized carbons (Fsp3) is 0.154. The van der Waals surface area contributed by atoms with Gasteiger partial charge in [-0.05, 0) is 19.1 Å². The van der Waals surface area contributed by atoms with Crippen LogP contribution in [0.1, 0.15) is 17.4 Å². The Morgan fingerprint density at radius 2 is 2.18 bits per heavy atom. The molecule has 1 N–H and O–H groups in total. The standard InChI is InChI=1S/C13H11ClN4O4/c1-2-22-12-6-10(15-7-16-12)13(19)17-9-5-8(14)3-4-11(9)18(20)21/h3-7H,2H2,1H3,(H,17,19). The number of carbonyl (C=O) groups excluding carboxylic acids is 1. The Labute approximate surface area is 130 Å². The van der Waals surface area contributed by atoms with Gasteiger partial charge in [-0.2, -0.15) is 0 Å². The second-order valence-corrected chi connectivity index (χ2v) is 4.48. The number of benzene rings is 1. The molecule has 1 heterocycles. The maximum atomic E-state index is 12.1. The van der Waals surface area contributed by atoms with Crippen molar-refractivity contribution in [3.8, 4) is 5.88 Å². The number of rotatable bonds is 5. The first kappa shape index (κ1) is 15.6. The molecule has 0 aliphatic carbocycles. The van der Waals surface area contributed by atoms with Crippen molar-refractivity contribution in [1.82, 2.24) is 9.97 Å². The third-order valence-electron chi connectivity index (χ3n) is 2.57. The maximum Gasteiger partial charge on any atom is 0.292 e. The monoisotopic (exact) mass is 322 g/mol. The molecule has 114 valence electrons. The Bertz CT molecular complexity index is 723. The van der Waals surface area contributed by atoms with Crippen molar-refractivity contribution in [3.05, 3.63) is 51.4 Å². The molecule has 0 unspecified atom stereocenters. The molecule has 0 aliphatic rings. The van der Waals surface area contributed by atoms with E-state index in [2.05, 4.69) is 15.3 Å². The molecular weight excluding hydrogens is 312 g/mol. The number of carbonyl (C=O) groups is 1. The van der Waals surface area contributed by atoms with Gasteiger partial charge in [0.2, 0.25) is 5.88 Å². The van der Waals surface area contributed by atoms with Gasteiger partial charge in [-0.15, -0.1) is 0 Å². The highest BCUT2D eigenvalue weighted by molar-refractivity contribution is 6.31. The highest BCUT2D eigenvalue weighted by atomic mass is 35.5. The van der Waals surface area contributed by atoms with Gasteiger partial charge in [0.05, 0.1) is 11.5 Å². The number of amides is 1. The lowest BCUT2D eigenvalue weighted by Crippen LogP contribution is -2.15. The van der Waals surface area contributed by atoms with Gasteiger partial charge < -0.3 is 10.1 Å². The number of hydrogen-bond donors (Lipinski definition) is 1. The van der Waals surface area contributed by atoms with E-state index in [0.717, 1.165) is 0 Å². The zero-order chi connectivity index (χ0) is 16.1. The van der Waals surface area contributed by atoms with Crippen LogP contribution in [0.3, 0.4) is 0 Å². The van der Waals surface area contributed by atoms with Crippen LogP contribution in [0.25, 0.3) is 0 Å². The molecule has 1 amide bonds. The van der Waals surface area contributed by atoms with Gasteiger partial charge in [-0.25, -0.2) is 9.97 Å². The number of ether oxygens (including phenoxy) is 1. The number of nitro benzene ring substituents is 1. The molecule has 1 aromatic carbocycles. The molecule has 0 fully saturated rings. The smallest absolute Gasteiger partial charge is 0.292 e. The normalized spacial score (nSPS) is 10.1. The topological polar surface area (TPSA) is 107 Å². The lowest BCUT2D eigenvalue weighted by molar-refractivity contribution is -0.383. The first-order valence-corrected chi connectivity index (χ1v) is 6.59. The Balaban J connectivity index is 2.27. The number of hydrogen-bond acceptors (Lipinski definition) is 6. The van der Waals surface area contributed by atoms with Crippen molar-refractivity contribution in [2.24, 2.45) is 0 Å². The highest BCUT2D eigenvalue weighted by Crippen LogP contribution is 2.28. The minimum Gasteiger partial charge on any atom is -0.478 e. The number of aromatic nitrogens is 2. The SMILES string of the molecule is CCOc1cc(C(=O)Nc2cc(Cl)ccc2[N+](=O)[O-])ncn1. The molecule has 0 aliphatic heterocycles. The molecule has 0 saturated heterocycles. The molecule has 8 nitrogen and oxygen atoms in total. The van der Waals surface area contributed by atoms with Gasteiger partial charge in [0.25, 0.3) is 11.6 Å². The van der Waals surface area contributed by atoms with E-state index in [1.165, 1.54) is 30.6 Å². The highest BCUT2D eigenvalue weighted by Gasteiger charge is 2.18. The average molecular weight is 323 g/mol. The van der Waals surface area contributed by atoms with Crippen LogP contribution in [0, 0.1) is 10.1 Å². The van der Waals surface area contributed by atoms with Crippen LogP contribution in [0.5, 0.6) is 5.88 Å². The van der Waals surface area contributed by atoms with Crippen LogP contribution < -0.4 is 10.1 Å². The van der Waals surface area contributed by atoms with Gasteiger partial charge in [-0.1, -0.05) is 11.6 Å². The third-order valence-corrected chi connectivity index (χ3v) is 2.81. The van der Waals surface area contributed by atoms with Crippen LogP contribution in [-0.2, 0) is 0 Å². The summed E-state index contributed by atoms with van der Waals surface area (Å²) in [6.07, 6.45) is 1.17. The second-order valence-electron chi connectivity index (χ2n) is 4.05. The van der Waals surface area contributed by atoms with Crippen molar-refractivity contribution in [2.75, 3.05) is 11.9 Å². The molecule has 0 spiro atoms. The molecule has 0 atom stereocenters. The Morgan fingerprint density at radius 1 is 1.41 bits per heavy atom. The Hall–Kier alpha value is -2.74. The van der Waals surface area contributed by atoms with Crippen molar-refractivity contribution in [2.45, 2.75) is 6.92 Å². The van der Waals surface area contributed by atoms with Gasteiger partial charge in [0.1, 0.15) is 17.7 Å². The molecule has 0 radical (unpaired) electrons. The zero-order valence-electron chi connectivity index (χ0n) is 11.4. The molecular formula is C13H11ClN4O4. The lowest BCUT2D eigenvalue weighted by atomic mass is 10.2. The van der Waals surface area contributed by atoms with Crippen LogP contribution in [-0.4, -0.2) is 27.4 Å². The molecule has 0 bridgehead atoms. The number of nitrogens with zero attached hydrogens (tertiary/aromatic N) is 3. The van der Waals surface area contributed by atoms with E-state index in [0.29, 0.717) is 6.61 Å². The Kier molecular flexibility index (Phi) is 4.84. The first-order chi connectivity index (χ1) is 10.5. The number of anilines is 1. The summed E-state index contributed by atoms with van der Waals surface area (Å²) in [7, 11) is 0. The quantitative estimate of drug-likeness (QED) is 0.669. The average Bonchev–Trinajstić information content (AvgIpc) is 2.47. The lowest BCUT2D eigenvalue weighted by Gasteiger charge is -2.07. The molecule has 22 heavy (non-hydrogen) atoms. The van der Waals surface area contributed by atoms with Crippen LogP contribution >= 0.6 is 11.6 Å². The van der Waals surface area contributed by atoms with Gasteiger partial charge in [0, 0.05) is 17.2 Å². The molecule has 1 aromatic heterocycles. The summed E-state index contributed by atoms with van der Waals surface area (Å²) in [5.41, 5.74) is -0.261. The number of nitro groups is 1. The molecule has 2 aromatic rings. The van der Waals surface area contributed by atoms with Gasteiger partial charge >= 0.3 is 0 Å². The molecule has 0 saturated carbocycles. The summed E-state index contributed by atoms with van der Waals surface area (Å²) in [4.78, 5) is 30.1. The van der Waals surface area contributed by atoms with E-state index in [-0.39, 0.29) is 28.0 Å². The van der Waals surface area contributed by atoms with E-state index < -0.39 is 10.8 Å². The largest absolute Gasteiger partial charge is 0.478 e. The summed E-state index contributed by atoms with van der Waals surface area (Å²) >= 11 is 5.80. The van der Waals surface area contributed by atoms with Crippen LogP contribution in [0.2, 0.25) is 5.02 Å². The number of halogens is 1. The summed E-state index contributed by atoms with van der Waals surface area (Å²) in [6.45, 7) is 2.16. The predicted molar refractivity (Wildman–Crippen MR) is 79.3 cm³/mol. The maximum absolute atomic E-state index is 12.1. The first-order valence-electron chi connectivity index (χ1n) is 6.21. The van der Waals surface area contributed by atoms with Crippen molar-refractivity contribution in [1.29, 1.82) is 0 Å². The fourth-order valence-corrected chi connectivity index (χ4v) is 1.82. The zero-order valence-corrected chi connectivity index (χ0v) is 12.2. The molecule has 2 rings (SSSR count). The van der Waals surface area contributed by atoms with Crippen LogP contribution in [0.15, 0.2) is 30.6 Å². The third kappa shape index (κ3) is 3.67. The van der Waals surface area contributed by atoms with E-state index in [1.54, 1.807) is 6.92 Å². The summed E-state index contributed by atoms with van der Waals surface area (Å²) in [5, 5.41) is 13.6. The summed E-state index contributed by atoms with van der Waals surface area (Å²) in [6, 6.07) is 5.22. The van der Waals surface area contributed by atoms with Crippen LogP contribution in [0.4, 0.5) is 11.4 Å². The van der Waals surface area contributed by atoms with E-state index in [4.69, 9.17) is 16.3 Å². The Morgan fingerprint density at radius 3 is 2.86 bits per heavy atom. The summed E-state index contributed by atoms with van der Waals surface area (Å²) < 4.78 is 5.17. The van der Waals surface area contributed by atoms with Crippen molar-refractivity contribution in [3.63, 3.8) is 0 Å². The van der Waals surface area contributed by atoms with E-state index in [1.807, 2.05) is 0 Å². The summed E-state index contributed by atoms with van der Waals surface area (Å²) in [5.74, 6) is -0.392. The number of nitrogens with one attached hydrogen (secondary N) is 1. The second kappa shape index (κ2) is 6.81. The fourth-order valence-electron chi connectivity index (χ4n) is 1.64. The predicted octanol–water partition coefficient (Wildman–Crippen LogP) is 2.69. The van der Waals surface area contributed by atoms with E-state index >= 15 is 0 Å². The molecule has 9 heteroatoms. The van der Waals surface area contributed by atoms with Gasteiger partial charge in [0.15, 0.2) is 0 Å². The van der Waals surface area contributed by atoms with E-state index in [9.17, 15) is 14.9 Å². The minimum absolute atomic E-state index is 0.0147. The van der Waals surface area contributed by atoms with Crippen molar-refractivity contribution >= 4 is 28.9 Å².